The van der Waals surface area contributed by atoms with E-state index >= 15 is 0 Å². The number of nitrogen functional groups attached to an aromatic ring is 1. The standard InChI is InChI=1S/C9H14N4S/c1-14-9(2-3-9)5-12-8-7(10)4-11-6-13-8/h4,6H,2-3,5,10H2,1H3,(H,11,12,13). The number of nitrogens with zero attached hydrogens (tertiary/aromatic N) is 2. The predicted octanol–water partition coefficient (Wildman–Crippen LogP) is 1.37. The molecule has 1 heterocycles. The Labute approximate surface area is 87.7 Å². The summed E-state index contributed by atoms with van der Waals surface area (Å²) in [7, 11) is 0. The van der Waals surface area contributed by atoms with E-state index in [0.29, 0.717) is 10.4 Å². The highest BCUT2D eigenvalue weighted by Gasteiger charge is 2.41. The molecule has 14 heavy (non-hydrogen) atoms. The van der Waals surface area contributed by atoms with Crippen LogP contribution in [0.2, 0.25) is 0 Å². The minimum absolute atomic E-state index is 0.428. The summed E-state index contributed by atoms with van der Waals surface area (Å²) < 4.78 is 0.428. The van der Waals surface area contributed by atoms with E-state index in [1.54, 1.807) is 6.20 Å². The lowest BCUT2D eigenvalue weighted by atomic mass is 10.4. The second kappa shape index (κ2) is 3.65. The molecule has 0 bridgehead atoms. The van der Waals surface area contributed by atoms with Gasteiger partial charge in [0.05, 0.1) is 11.9 Å². The lowest BCUT2D eigenvalue weighted by Crippen LogP contribution is -2.18. The molecule has 0 unspecified atom stereocenters. The monoisotopic (exact) mass is 210 g/mol. The van der Waals surface area contributed by atoms with Crippen LogP contribution in [0, 0.1) is 0 Å². The predicted molar refractivity (Wildman–Crippen MR) is 60.4 cm³/mol. The summed E-state index contributed by atoms with van der Waals surface area (Å²) in [6.45, 7) is 0.940. The molecule has 1 fully saturated rings. The summed E-state index contributed by atoms with van der Waals surface area (Å²) in [5, 5.41) is 3.27. The Bertz CT molecular complexity index is 324. The van der Waals surface area contributed by atoms with Gasteiger partial charge in [-0.05, 0) is 19.1 Å². The molecule has 2 rings (SSSR count). The lowest BCUT2D eigenvalue weighted by molar-refractivity contribution is 0.938. The van der Waals surface area contributed by atoms with Gasteiger partial charge in [-0.15, -0.1) is 0 Å². The molecule has 0 radical (unpaired) electrons. The van der Waals surface area contributed by atoms with Gasteiger partial charge in [-0.1, -0.05) is 0 Å². The summed E-state index contributed by atoms with van der Waals surface area (Å²) >= 11 is 1.92. The summed E-state index contributed by atoms with van der Waals surface area (Å²) in [6.07, 6.45) is 7.85. The van der Waals surface area contributed by atoms with Crippen molar-refractivity contribution in [2.75, 3.05) is 23.9 Å². The number of rotatable bonds is 4. The van der Waals surface area contributed by atoms with E-state index in [-0.39, 0.29) is 0 Å². The van der Waals surface area contributed by atoms with Crippen molar-refractivity contribution in [3.8, 4) is 0 Å². The van der Waals surface area contributed by atoms with Gasteiger partial charge in [0.25, 0.3) is 0 Å². The van der Waals surface area contributed by atoms with Gasteiger partial charge in [-0.25, -0.2) is 9.97 Å². The number of thioether (sulfide) groups is 1. The van der Waals surface area contributed by atoms with Gasteiger partial charge >= 0.3 is 0 Å². The molecule has 0 aromatic carbocycles. The molecule has 3 N–H and O–H groups in total. The quantitative estimate of drug-likeness (QED) is 0.785. The molecule has 0 spiro atoms. The number of hydrogen-bond donors (Lipinski definition) is 2. The molecule has 1 saturated carbocycles. The summed E-state index contributed by atoms with van der Waals surface area (Å²) in [5.74, 6) is 0.750. The first-order chi connectivity index (χ1) is 6.76. The minimum atomic E-state index is 0.428. The lowest BCUT2D eigenvalue weighted by Gasteiger charge is -2.14. The first kappa shape index (κ1) is 9.58. The average Bonchev–Trinajstić information content (AvgIpc) is 2.98. The largest absolute Gasteiger partial charge is 0.394 e. The summed E-state index contributed by atoms with van der Waals surface area (Å²) in [5.41, 5.74) is 6.33. The van der Waals surface area contributed by atoms with E-state index in [1.807, 2.05) is 11.8 Å². The van der Waals surface area contributed by atoms with Crippen molar-refractivity contribution >= 4 is 23.3 Å². The van der Waals surface area contributed by atoms with Crippen molar-refractivity contribution in [2.24, 2.45) is 0 Å². The number of anilines is 2. The summed E-state index contributed by atoms with van der Waals surface area (Å²) in [4.78, 5) is 7.93. The van der Waals surface area contributed by atoms with E-state index < -0.39 is 0 Å². The highest BCUT2D eigenvalue weighted by Crippen LogP contribution is 2.47. The van der Waals surface area contributed by atoms with E-state index in [2.05, 4.69) is 21.5 Å². The molecule has 76 valence electrons. The molecule has 0 amide bonds. The molecule has 0 atom stereocenters. The third-order valence-corrected chi connectivity index (χ3v) is 3.98. The van der Waals surface area contributed by atoms with Crippen LogP contribution in [0.3, 0.4) is 0 Å². The molecule has 1 aliphatic rings. The van der Waals surface area contributed by atoms with Crippen molar-refractivity contribution in [3.63, 3.8) is 0 Å². The average molecular weight is 210 g/mol. The van der Waals surface area contributed by atoms with Crippen LogP contribution in [-0.2, 0) is 0 Å². The molecule has 0 saturated heterocycles. The number of nitrogens with one attached hydrogen (secondary N) is 1. The zero-order valence-corrected chi connectivity index (χ0v) is 8.97. The Hall–Kier alpha value is -0.970. The van der Waals surface area contributed by atoms with Gasteiger partial charge in [-0.2, -0.15) is 11.8 Å². The van der Waals surface area contributed by atoms with Gasteiger partial charge in [0.15, 0.2) is 5.82 Å². The van der Waals surface area contributed by atoms with E-state index in [1.165, 1.54) is 19.2 Å². The van der Waals surface area contributed by atoms with Gasteiger partial charge in [0.1, 0.15) is 6.33 Å². The molecule has 1 aliphatic carbocycles. The third-order valence-electron chi connectivity index (χ3n) is 2.56. The normalized spacial score (nSPS) is 17.8. The van der Waals surface area contributed by atoms with E-state index in [0.717, 1.165) is 12.4 Å². The zero-order valence-electron chi connectivity index (χ0n) is 8.16. The molecule has 0 aliphatic heterocycles. The Morgan fingerprint density at radius 3 is 3.00 bits per heavy atom. The van der Waals surface area contributed by atoms with Crippen LogP contribution in [0.15, 0.2) is 12.5 Å². The minimum Gasteiger partial charge on any atom is -0.394 e. The van der Waals surface area contributed by atoms with Crippen LogP contribution in [0.1, 0.15) is 12.8 Å². The Morgan fingerprint density at radius 1 is 1.64 bits per heavy atom. The molecular weight excluding hydrogens is 196 g/mol. The molecule has 4 nitrogen and oxygen atoms in total. The van der Waals surface area contributed by atoms with Crippen LogP contribution in [0.4, 0.5) is 11.5 Å². The van der Waals surface area contributed by atoms with Crippen molar-refractivity contribution < 1.29 is 0 Å². The van der Waals surface area contributed by atoms with Gasteiger partial charge < -0.3 is 11.1 Å². The fraction of sp³-hybridized carbons (Fsp3) is 0.556. The van der Waals surface area contributed by atoms with Crippen LogP contribution >= 0.6 is 11.8 Å². The van der Waals surface area contributed by atoms with Gasteiger partial charge in [0, 0.05) is 11.3 Å². The highest BCUT2D eigenvalue weighted by molar-refractivity contribution is 8.00. The zero-order chi connectivity index (χ0) is 10.0. The topological polar surface area (TPSA) is 63.8 Å². The number of hydrogen-bond acceptors (Lipinski definition) is 5. The Morgan fingerprint density at radius 2 is 2.43 bits per heavy atom. The fourth-order valence-corrected chi connectivity index (χ4v) is 2.05. The fourth-order valence-electron chi connectivity index (χ4n) is 1.33. The maximum absolute atomic E-state index is 5.72. The SMILES string of the molecule is CSC1(CNc2ncncc2N)CC1. The Kier molecular flexibility index (Phi) is 2.50. The smallest absolute Gasteiger partial charge is 0.152 e. The first-order valence-electron chi connectivity index (χ1n) is 4.60. The van der Waals surface area contributed by atoms with Crippen molar-refractivity contribution in [1.82, 2.24) is 9.97 Å². The second-order valence-electron chi connectivity index (χ2n) is 3.57. The maximum Gasteiger partial charge on any atom is 0.152 e. The molecule has 5 heteroatoms. The van der Waals surface area contributed by atoms with Crippen LogP contribution < -0.4 is 11.1 Å². The first-order valence-corrected chi connectivity index (χ1v) is 5.83. The van der Waals surface area contributed by atoms with E-state index in [4.69, 9.17) is 5.73 Å². The van der Waals surface area contributed by atoms with Gasteiger partial charge in [-0.3, -0.25) is 0 Å². The molecule has 1 aromatic heterocycles. The van der Waals surface area contributed by atoms with Crippen LogP contribution in [-0.4, -0.2) is 27.5 Å². The second-order valence-corrected chi connectivity index (χ2v) is 4.84. The third kappa shape index (κ3) is 1.92. The maximum atomic E-state index is 5.72. The molecular formula is C9H14N4S. The van der Waals surface area contributed by atoms with Gasteiger partial charge in [0.2, 0.25) is 0 Å². The van der Waals surface area contributed by atoms with Crippen molar-refractivity contribution in [3.05, 3.63) is 12.5 Å². The number of aromatic nitrogens is 2. The van der Waals surface area contributed by atoms with Crippen LogP contribution in [0.25, 0.3) is 0 Å². The van der Waals surface area contributed by atoms with Crippen molar-refractivity contribution in [2.45, 2.75) is 17.6 Å². The highest BCUT2D eigenvalue weighted by atomic mass is 32.2. The molecule has 1 aromatic rings. The summed E-state index contributed by atoms with van der Waals surface area (Å²) in [6, 6.07) is 0. The van der Waals surface area contributed by atoms with Crippen molar-refractivity contribution in [1.29, 1.82) is 0 Å². The van der Waals surface area contributed by atoms with Crippen LogP contribution in [0.5, 0.6) is 0 Å². The van der Waals surface area contributed by atoms with E-state index in [9.17, 15) is 0 Å². The Balaban J connectivity index is 1.95. The number of nitrogens with two attached hydrogens (primary N) is 1.